The lowest BCUT2D eigenvalue weighted by molar-refractivity contribution is -0.383. The lowest BCUT2D eigenvalue weighted by atomic mass is 10.2. The Labute approximate surface area is 139 Å². The minimum atomic E-state index is -0.390. The summed E-state index contributed by atoms with van der Waals surface area (Å²) in [5, 5.41) is 19.1. The summed E-state index contributed by atoms with van der Waals surface area (Å²) < 4.78 is 2.22. The first kappa shape index (κ1) is 15.1. The molecule has 0 radical (unpaired) electrons. The third-order valence-electron chi connectivity index (χ3n) is 3.29. The molecule has 0 saturated heterocycles. The third kappa shape index (κ3) is 2.64. The SMILES string of the molecule is CC(C)c1nc(Cn2nc(Br)c3c([N+](=O)[O-])cccc32)cs1. The second-order valence-corrected chi connectivity index (χ2v) is 6.85. The summed E-state index contributed by atoms with van der Waals surface area (Å²) in [5.41, 5.74) is 1.69. The molecule has 0 unspecified atom stereocenters. The Kier molecular flexibility index (Phi) is 3.96. The Bertz CT molecular complexity index is 856. The Balaban J connectivity index is 2.04. The zero-order valence-electron chi connectivity index (χ0n) is 12.0. The predicted octanol–water partition coefficient (Wildman–Crippen LogP) is 4.34. The quantitative estimate of drug-likeness (QED) is 0.498. The standard InChI is InChI=1S/C14H13BrN4O2S/c1-8(2)14-16-9(7-22-14)6-18-10-4-3-5-11(19(20)21)12(10)13(15)17-18/h3-5,7-8H,6H2,1-2H3. The van der Waals surface area contributed by atoms with Crippen LogP contribution in [0.3, 0.4) is 0 Å². The number of aromatic nitrogens is 3. The van der Waals surface area contributed by atoms with Gasteiger partial charge in [0.2, 0.25) is 0 Å². The maximum absolute atomic E-state index is 11.2. The number of thiazole rings is 1. The van der Waals surface area contributed by atoms with Crippen LogP contribution in [0.15, 0.2) is 28.2 Å². The number of non-ortho nitro benzene ring substituents is 1. The fourth-order valence-electron chi connectivity index (χ4n) is 2.25. The number of nitrogens with zero attached hydrogens (tertiary/aromatic N) is 4. The first-order valence-electron chi connectivity index (χ1n) is 6.71. The number of benzene rings is 1. The van der Waals surface area contributed by atoms with Crippen molar-refractivity contribution >= 4 is 43.9 Å². The van der Waals surface area contributed by atoms with Gasteiger partial charge in [-0.2, -0.15) is 5.10 Å². The summed E-state index contributed by atoms with van der Waals surface area (Å²) in [6.45, 7) is 4.70. The fourth-order valence-corrected chi connectivity index (χ4v) is 3.67. The lowest BCUT2D eigenvalue weighted by Gasteiger charge is -2.01. The van der Waals surface area contributed by atoms with E-state index in [9.17, 15) is 10.1 Å². The van der Waals surface area contributed by atoms with Crippen molar-refractivity contribution in [2.75, 3.05) is 0 Å². The van der Waals surface area contributed by atoms with Crippen molar-refractivity contribution < 1.29 is 4.92 Å². The average molecular weight is 381 g/mol. The summed E-state index contributed by atoms with van der Waals surface area (Å²) in [7, 11) is 0. The molecule has 0 aliphatic rings. The van der Waals surface area contributed by atoms with Crippen molar-refractivity contribution in [3.8, 4) is 0 Å². The predicted molar refractivity (Wildman–Crippen MR) is 89.4 cm³/mol. The van der Waals surface area contributed by atoms with Crippen molar-refractivity contribution in [3.63, 3.8) is 0 Å². The van der Waals surface area contributed by atoms with Crippen LogP contribution in [0.1, 0.15) is 30.5 Å². The summed E-state index contributed by atoms with van der Waals surface area (Å²) in [4.78, 5) is 15.3. The Hall–Kier alpha value is -1.80. The van der Waals surface area contributed by atoms with E-state index in [1.54, 1.807) is 22.1 Å². The molecule has 0 N–H and O–H groups in total. The van der Waals surface area contributed by atoms with Gasteiger partial charge in [-0.25, -0.2) is 4.98 Å². The second-order valence-electron chi connectivity index (χ2n) is 5.21. The van der Waals surface area contributed by atoms with Crippen LogP contribution in [-0.2, 0) is 6.54 Å². The van der Waals surface area contributed by atoms with Gasteiger partial charge in [-0.1, -0.05) is 19.9 Å². The molecular weight excluding hydrogens is 368 g/mol. The van der Waals surface area contributed by atoms with Gasteiger partial charge in [0.1, 0.15) is 9.99 Å². The topological polar surface area (TPSA) is 73.8 Å². The van der Waals surface area contributed by atoms with Crippen molar-refractivity contribution in [2.24, 2.45) is 0 Å². The second kappa shape index (κ2) is 5.77. The van der Waals surface area contributed by atoms with Crippen LogP contribution >= 0.6 is 27.3 Å². The Morgan fingerprint density at radius 3 is 2.86 bits per heavy atom. The molecule has 0 saturated carbocycles. The van der Waals surface area contributed by atoms with Crippen LogP contribution in [0, 0.1) is 10.1 Å². The van der Waals surface area contributed by atoms with E-state index in [0.29, 0.717) is 22.5 Å². The van der Waals surface area contributed by atoms with Crippen LogP contribution in [0.4, 0.5) is 5.69 Å². The molecule has 3 aromatic rings. The highest BCUT2D eigenvalue weighted by atomic mass is 79.9. The van der Waals surface area contributed by atoms with Gasteiger partial charge in [-0.15, -0.1) is 11.3 Å². The molecule has 2 heterocycles. The zero-order valence-corrected chi connectivity index (χ0v) is 14.4. The molecule has 6 nitrogen and oxygen atoms in total. The molecule has 0 fully saturated rings. The van der Waals surface area contributed by atoms with Crippen molar-refractivity contribution in [3.05, 3.63) is 49.0 Å². The van der Waals surface area contributed by atoms with Gasteiger partial charge in [0.15, 0.2) is 0 Å². The first-order chi connectivity index (χ1) is 10.5. The molecule has 2 aromatic heterocycles. The maximum atomic E-state index is 11.2. The first-order valence-corrected chi connectivity index (χ1v) is 8.38. The molecule has 0 aliphatic heterocycles. The highest BCUT2D eigenvalue weighted by Gasteiger charge is 2.20. The summed E-state index contributed by atoms with van der Waals surface area (Å²) >= 11 is 4.95. The average Bonchev–Trinajstić information content (AvgIpc) is 3.05. The molecule has 0 spiro atoms. The molecule has 3 rings (SSSR count). The minimum Gasteiger partial charge on any atom is -0.258 e. The molecule has 1 aromatic carbocycles. The van der Waals surface area contributed by atoms with Gasteiger partial charge in [-0.3, -0.25) is 14.8 Å². The van der Waals surface area contributed by atoms with E-state index in [4.69, 9.17) is 0 Å². The monoisotopic (exact) mass is 380 g/mol. The van der Waals surface area contributed by atoms with Crippen LogP contribution < -0.4 is 0 Å². The van der Waals surface area contributed by atoms with E-state index in [0.717, 1.165) is 16.2 Å². The van der Waals surface area contributed by atoms with Gasteiger partial charge >= 0.3 is 0 Å². The highest BCUT2D eigenvalue weighted by Crippen LogP contribution is 2.32. The van der Waals surface area contributed by atoms with Gasteiger partial charge in [0.05, 0.1) is 27.7 Å². The van der Waals surface area contributed by atoms with Crippen molar-refractivity contribution in [1.82, 2.24) is 14.8 Å². The minimum absolute atomic E-state index is 0.0526. The third-order valence-corrected chi connectivity index (χ3v) is 5.03. The Morgan fingerprint density at radius 2 is 2.23 bits per heavy atom. The van der Waals surface area contributed by atoms with Crippen LogP contribution in [-0.4, -0.2) is 19.7 Å². The zero-order chi connectivity index (χ0) is 15.9. The molecular formula is C14H13BrN4O2S. The molecule has 0 atom stereocenters. The van der Waals surface area contributed by atoms with Gasteiger partial charge in [-0.05, 0) is 22.0 Å². The Morgan fingerprint density at radius 1 is 1.45 bits per heavy atom. The maximum Gasteiger partial charge on any atom is 0.281 e. The number of halogens is 1. The lowest BCUT2D eigenvalue weighted by Crippen LogP contribution is -2.02. The summed E-state index contributed by atoms with van der Waals surface area (Å²) in [6, 6.07) is 4.99. The van der Waals surface area contributed by atoms with E-state index >= 15 is 0 Å². The molecule has 0 amide bonds. The number of nitro benzene ring substituents is 1. The van der Waals surface area contributed by atoms with Gasteiger partial charge < -0.3 is 0 Å². The van der Waals surface area contributed by atoms with E-state index in [1.165, 1.54) is 6.07 Å². The van der Waals surface area contributed by atoms with Gasteiger partial charge in [0, 0.05) is 17.4 Å². The fraction of sp³-hybridized carbons (Fsp3) is 0.286. The summed E-state index contributed by atoms with van der Waals surface area (Å²) in [5.74, 6) is 0.390. The van der Waals surface area contributed by atoms with E-state index in [1.807, 2.05) is 11.4 Å². The molecule has 114 valence electrons. The number of hydrogen-bond donors (Lipinski definition) is 0. The molecule has 0 aliphatic carbocycles. The molecule has 0 bridgehead atoms. The van der Waals surface area contributed by atoms with E-state index < -0.39 is 4.92 Å². The number of rotatable bonds is 4. The molecule has 22 heavy (non-hydrogen) atoms. The van der Waals surface area contributed by atoms with Gasteiger partial charge in [0.25, 0.3) is 5.69 Å². The number of nitro groups is 1. The van der Waals surface area contributed by atoms with Crippen molar-refractivity contribution in [2.45, 2.75) is 26.3 Å². The smallest absolute Gasteiger partial charge is 0.258 e. The van der Waals surface area contributed by atoms with Crippen LogP contribution in [0.2, 0.25) is 0 Å². The number of hydrogen-bond acceptors (Lipinski definition) is 5. The van der Waals surface area contributed by atoms with Crippen LogP contribution in [0.25, 0.3) is 10.9 Å². The van der Waals surface area contributed by atoms with E-state index in [-0.39, 0.29) is 5.69 Å². The van der Waals surface area contributed by atoms with Crippen molar-refractivity contribution in [1.29, 1.82) is 0 Å². The highest BCUT2D eigenvalue weighted by molar-refractivity contribution is 9.10. The summed E-state index contributed by atoms with van der Waals surface area (Å²) in [6.07, 6.45) is 0. The van der Waals surface area contributed by atoms with E-state index in [2.05, 4.69) is 39.9 Å². The van der Waals surface area contributed by atoms with Crippen LogP contribution in [0.5, 0.6) is 0 Å². The normalized spacial score (nSPS) is 11.5. The number of fused-ring (bicyclic) bond motifs is 1. The molecule has 8 heteroatoms. The largest absolute Gasteiger partial charge is 0.281 e.